The monoisotopic (exact) mass is 403 g/mol. The average molecular weight is 404 g/mol. The Hall–Kier alpha value is -2.40. The van der Waals surface area contributed by atoms with Crippen LogP contribution in [-0.4, -0.2) is 34.2 Å². The number of nitrogens with one attached hydrogen (secondary N) is 1. The molecule has 0 aliphatic rings. The number of hydrogen-bond acceptors (Lipinski definition) is 3. The fourth-order valence-electron chi connectivity index (χ4n) is 2.51. The van der Waals surface area contributed by atoms with Crippen LogP contribution in [0.4, 0.5) is 0 Å². The summed E-state index contributed by atoms with van der Waals surface area (Å²) in [6.45, 7) is 3.55. The molecule has 0 rings (SSSR count). The van der Waals surface area contributed by atoms with Crippen molar-refractivity contribution in [2.75, 3.05) is 0 Å². The highest BCUT2D eigenvalue weighted by molar-refractivity contribution is 5.91. The molecule has 0 spiro atoms. The lowest BCUT2D eigenvalue weighted by atomic mass is 10.1. The van der Waals surface area contributed by atoms with Gasteiger partial charge in [-0.05, 0) is 19.8 Å². The SMILES string of the molecule is CCCCCCCCCC=CC=CC=CC=CC=CC(=O)N[C@H](C(=O)O)[C@@H](C)O. The minimum atomic E-state index is -1.32. The second-order valence-electron chi connectivity index (χ2n) is 6.92. The molecule has 0 saturated heterocycles. The van der Waals surface area contributed by atoms with Gasteiger partial charge < -0.3 is 15.5 Å². The molecule has 1 amide bonds. The van der Waals surface area contributed by atoms with Crippen molar-refractivity contribution in [3.8, 4) is 0 Å². The summed E-state index contributed by atoms with van der Waals surface area (Å²) in [5, 5.41) is 20.4. The predicted octanol–water partition coefficient (Wildman–Crippen LogP) is 4.86. The largest absolute Gasteiger partial charge is 0.480 e. The van der Waals surface area contributed by atoms with Gasteiger partial charge in [-0.1, -0.05) is 100 Å². The Morgan fingerprint density at radius 3 is 1.90 bits per heavy atom. The Bertz CT molecular complexity index is 586. The maximum absolute atomic E-state index is 11.6. The number of carbonyl (C=O) groups is 2. The van der Waals surface area contributed by atoms with E-state index in [-0.39, 0.29) is 0 Å². The lowest BCUT2D eigenvalue weighted by molar-refractivity contribution is -0.144. The molecular weight excluding hydrogens is 366 g/mol. The van der Waals surface area contributed by atoms with Crippen molar-refractivity contribution >= 4 is 11.9 Å². The molecule has 2 atom stereocenters. The number of aliphatic carboxylic acids is 1. The molecule has 5 heteroatoms. The van der Waals surface area contributed by atoms with Crippen molar-refractivity contribution in [1.82, 2.24) is 5.32 Å². The zero-order valence-corrected chi connectivity index (χ0v) is 17.8. The number of allylic oxidation sites excluding steroid dienone is 9. The molecule has 0 unspecified atom stereocenters. The highest BCUT2D eigenvalue weighted by Gasteiger charge is 2.23. The molecule has 5 nitrogen and oxygen atoms in total. The van der Waals surface area contributed by atoms with Crippen molar-refractivity contribution in [1.29, 1.82) is 0 Å². The molecule has 3 N–H and O–H groups in total. The van der Waals surface area contributed by atoms with Crippen molar-refractivity contribution < 1.29 is 19.8 Å². The van der Waals surface area contributed by atoms with E-state index < -0.39 is 24.0 Å². The highest BCUT2D eigenvalue weighted by Crippen LogP contribution is 2.08. The highest BCUT2D eigenvalue weighted by atomic mass is 16.4. The van der Waals surface area contributed by atoms with Crippen molar-refractivity contribution in [3.63, 3.8) is 0 Å². The van der Waals surface area contributed by atoms with Gasteiger partial charge in [0.25, 0.3) is 0 Å². The summed E-state index contributed by atoms with van der Waals surface area (Å²) in [5.41, 5.74) is 0. The van der Waals surface area contributed by atoms with Gasteiger partial charge in [0, 0.05) is 6.08 Å². The molecule has 0 fully saturated rings. The third-order valence-electron chi connectivity index (χ3n) is 4.18. The maximum atomic E-state index is 11.6. The Labute approximate surface area is 175 Å². The Balaban J connectivity index is 3.89. The first-order valence-electron chi connectivity index (χ1n) is 10.5. The first-order chi connectivity index (χ1) is 14.0. The van der Waals surface area contributed by atoms with E-state index in [2.05, 4.69) is 24.4 Å². The van der Waals surface area contributed by atoms with E-state index >= 15 is 0 Å². The number of carbonyl (C=O) groups excluding carboxylic acids is 1. The standard InChI is InChI=1S/C24H37NO4/c1-3-4-5-6-7-8-9-10-11-12-13-14-15-16-17-18-19-20-22(27)25-23(21(2)26)24(28)29/h11-21,23,26H,3-10H2,1-2H3,(H,25,27)(H,28,29)/t21-,23+/m1/s1. The molecule has 29 heavy (non-hydrogen) atoms. The second kappa shape index (κ2) is 18.9. The molecule has 0 aromatic heterocycles. The first-order valence-corrected chi connectivity index (χ1v) is 10.5. The van der Waals surface area contributed by atoms with E-state index in [0.29, 0.717) is 0 Å². The van der Waals surface area contributed by atoms with Gasteiger partial charge in [-0.15, -0.1) is 0 Å². The van der Waals surface area contributed by atoms with E-state index in [4.69, 9.17) is 5.11 Å². The zero-order chi connectivity index (χ0) is 21.7. The summed E-state index contributed by atoms with van der Waals surface area (Å²) in [6, 6.07) is -1.32. The topological polar surface area (TPSA) is 86.6 Å². The van der Waals surface area contributed by atoms with E-state index in [1.807, 2.05) is 24.3 Å². The van der Waals surface area contributed by atoms with E-state index in [9.17, 15) is 14.7 Å². The molecule has 0 radical (unpaired) electrons. The third kappa shape index (κ3) is 17.4. The molecule has 0 aromatic carbocycles. The van der Waals surface area contributed by atoms with Crippen LogP contribution in [0.2, 0.25) is 0 Å². The van der Waals surface area contributed by atoms with Crippen LogP contribution in [0, 0.1) is 0 Å². The Kier molecular flexibility index (Phi) is 17.4. The van der Waals surface area contributed by atoms with Crippen LogP contribution in [0.5, 0.6) is 0 Å². The van der Waals surface area contributed by atoms with Crippen LogP contribution in [-0.2, 0) is 9.59 Å². The maximum Gasteiger partial charge on any atom is 0.328 e. The Morgan fingerprint density at radius 1 is 0.828 bits per heavy atom. The van der Waals surface area contributed by atoms with Crippen LogP contribution in [0.15, 0.2) is 60.8 Å². The number of carboxylic acids is 1. The number of amides is 1. The normalized spacial score (nSPS) is 14.6. The lowest BCUT2D eigenvalue weighted by Gasteiger charge is -2.15. The van der Waals surface area contributed by atoms with Crippen LogP contribution in [0.3, 0.4) is 0 Å². The number of rotatable bonds is 16. The second-order valence-corrected chi connectivity index (χ2v) is 6.92. The summed E-state index contributed by atoms with van der Waals surface area (Å²) in [5.74, 6) is -1.85. The molecule has 0 aliphatic carbocycles. The number of aliphatic hydroxyl groups is 1. The van der Waals surface area contributed by atoms with E-state index in [0.717, 1.165) is 6.42 Å². The van der Waals surface area contributed by atoms with Crippen LogP contribution in [0.1, 0.15) is 65.2 Å². The van der Waals surface area contributed by atoms with Gasteiger partial charge in [-0.3, -0.25) is 4.79 Å². The fourth-order valence-corrected chi connectivity index (χ4v) is 2.51. The lowest BCUT2D eigenvalue weighted by Crippen LogP contribution is -2.47. The third-order valence-corrected chi connectivity index (χ3v) is 4.18. The summed E-state index contributed by atoms with van der Waals surface area (Å²) >= 11 is 0. The van der Waals surface area contributed by atoms with Gasteiger partial charge in [0.05, 0.1) is 6.10 Å². The number of hydrogen-bond donors (Lipinski definition) is 3. The first kappa shape index (κ1) is 26.6. The van der Waals surface area contributed by atoms with Gasteiger partial charge in [-0.2, -0.15) is 0 Å². The van der Waals surface area contributed by atoms with Gasteiger partial charge in [-0.25, -0.2) is 4.79 Å². The fraction of sp³-hybridized carbons (Fsp3) is 0.500. The summed E-state index contributed by atoms with van der Waals surface area (Å²) in [7, 11) is 0. The van der Waals surface area contributed by atoms with Crippen molar-refractivity contribution in [3.05, 3.63) is 60.8 Å². The van der Waals surface area contributed by atoms with E-state index in [1.54, 1.807) is 12.2 Å². The minimum Gasteiger partial charge on any atom is -0.480 e. The smallest absolute Gasteiger partial charge is 0.328 e. The van der Waals surface area contributed by atoms with Crippen LogP contribution in [0.25, 0.3) is 0 Å². The quantitative estimate of drug-likeness (QED) is 0.195. The minimum absolute atomic E-state index is 0.571. The molecule has 0 aliphatic heterocycles. The van der Waals surface area contributed by atoms with Crippen molar-refractivity contribution in [2.24, 2.45) is 0 Å². The molecule has 0 saturated carbocycles. The van der Waals surface area contributed by atoms with E-state index in [1.165, 1.54) is 64.0 Å². The number of unbranched alkanes of at least 4 members (excludes halogenated alkanes) is 7. The summed E-state index contributed by atoms with van der Waals surface area (Å²) in [6.07, 6.45) is 27.3. The van der Waals surface area contributed by atoms with Gasteiger partial charge in [0.2, 0.25) is 5.91 Å². The molecule has 0 heterocycles. The summed E-state index contributed by atoms with van der Waals surface area (Å²) < 4.78 is 0. The molecule has 0 bridgehead atoms. The van der Waals surface area contributed by atoms with Gasteiger partial charge >= 0.3 is 5.97 Å². The van der Waals surface area contributed by atoms with Gasteiger partial charge in [0.1, 0.15) is 0 Å². The predicted molar refractivity (Wildman–Crippen MR) is 120 cm³/mol. The summed E-state index contributed by atoms with van der Waals surface area (Å²) in [4.78, 5) is 22.5. The van der Waals surface area contributed by atoms with Crippen LogP contribution >= 0.6 is 0 Å². The number of carboxylic acid groups (broad SMARTS) is 1. The number of aliphatic hydroxyl groups excluding tert-OH is 1. The zero-order valence-electron chi connectivity index (χ0n) is 17.8. The van der Waals surface area contributed by atoms with Crippen molar-refractivity contribution in [2.45, 2.75) is 77.4 Å². The molecule has 162 valence electrons. The van der Waals surface area contributed by atoms with Crippen LogP contribution < -0.4 is 5.32 Å². The Morgan fingerprint density at radius 2 is 1.34 bits per heavy atom. The van der Waals surface area contributed by atoms with Gasteiger partial charge in [0.15, 0.2) is 6.04 Å². The molecule has 0 aromatic rings. The molecular formula is C24H37NO4. The average Bonchev–Trinajstić information content (AvgIpc) is 2.68.